The van der Waals surface area contributed by atoms with Crippen molar-refractivity contribution >= 4 is 7.32 Å². The largest absolute Gasteiger partial charge is 0.832 e. The molecule has 5 heteroatoms. The van der Waals surface area contributed by atoms with E-state index >= 15 is 0 Å². The first-order valence-electron chi connectivity index (χ1n) is 17.7. The highest BCUT2D eigenvalue weighted by Crippen LogP contribution is 2.15. The van der Waals surface area contributed by atoms with Crippen molar-refractivity contribution < 1.29 is 19.6 Å². The summed E-state index contributed by atoms with van der Waals surface area (Å²) in [5.41, 5.74) is 0. The molecule has 0 fully saturated rings. The van der Waals surface area contributed by atoms with E-state index in [1.807, 2.05) is 0 Å². The first-order valence-corrected chi connectivity index (χ1v) is 17.7. The highest BCUT2D eigenvalue weighted by Gasteiger charge is 2.13. The summed E-state index contributed by atoms with van der Waals surface area (Å²) in [7, 11) is 2.51. The smallest absolute Gasteiger partial charge is 0.339 e. The van der Waals surface area contributed by atoms with E-state index in [0.29, 0.717) is 0 Å². The second-order valence-corrected chi connectivity index (χ2v) is 12.9. The maximum atomic E-state index is 8.64. The van der Waals surface area contributed by atoms with Crippen LogP contribution in [0, 0.1) is 0 Å². The van der Waals surface area contributed by atoms with Crippen LogP contribution in [0.1, 0.15) is 194 Å². The number of quaternary nitrogens is 1. The van der Waals surface area contributed by atoms with Crippen LogP contribution in [0.15, 0.2) is 0 Å². The second-order valence-electron chi connectivity index (χ2n) is 12.9. The van der Waals surface area contributed by atoms with Gasteiger partial charge in [-0.2, -0.15) is 0 Å². The average Bonchev–Trinajstić information content (AvgIpc) is 2.88. The zero-order valence-corrected chi connectivity index (χ0v) is 27.5. The summed E-state index contributed by atoms with van der Waals surface area (Å²) >= 11 is 0. The molecule has 0 aromatic rings. The molecule has 0 aromatic carbocycles. The molecule has 0 amide bonds. The lowest BCUT2D eigenvalue weighted by Gasteiger charge is -2.30. The summed E-state index contributed by atoms with van der Waals surface area (Å²) in [4.78, 5) is 0. The van der Waals surface area contributed by atoms with E-state index in [4.69, 9.17) is 15.1 Å². The molecule has 4 nitrogen and oxygen atoms in total. The predicted molar refractivity (Wildman–Crippen MR) is 173 cm³/mol. The number of rotatable bonds is 30. The maximum Gasteiger partial charge on any atom is 0.339 e. The summed E-state index contributed by atoms with van der Waals surface area (Å²) in [6, 6.07) is 0. The van der Waals surface area contributed by atoms with Gasteiger partial charge in [-0.05, 0) is 25.7 Å². The van der Waals surface area contributed by atoms with Gasteiger partial charge >= 0.3 is 7.32 Å². The van der Waals surface area contributed by atoms with Crippen LogP contribution in [-0.2, 0) is 0 Å². The van der Waals surface area contributed by atoms with Crippen molar-refractivity contribution in [3.8, 4) is 0 Å². The van der Waals surface area contributed by atoms with Gasteiger partial charge in [0.25, 0.3) is 0 Å². The van der Waals surface area contributed by atoms with Crippen LogP contribution in [0.5, 0.6) is 0 Å². The molecule has 0 heterocycles. The fourth-order valence-electron chi connectivity index (χ4n) is 5.58. The number of hydrogen-bond donors (Lipinski definition) is 2. The van der Waals surface area contributed by atoms with Gasteiger partial charge in [0.15, 0.2) is 0 Å². The first kappa shape index (κ1) is 41.0. The Hall–Kier alpha value is -0.0951. The lowest BCUT2D eigenvalue weighted by Crippen LogP contribution is -2.41. The van der Waals surface area contributed by atoms with E-state index in [2.05, 4.69) is 27.9 Å². The number of hydrogen-bond acceptors (Lipinski definition) is 3. The van der Waals surface area contributed by atoms with Gasteiger partial charge in [0.2, 0.25) is 0 Å². The van der Waals surface area contributed by atoms with E-state index in [1.54, 1.807) is 0 Å². The van der Waals surface area contributed by atoms with Crippen molar-refractivity contribution in [2.45, 2.75) is 194 Å². The highest BCUT2D eigenvalue weighted by molar-refractivity contribution is 6.28. The van der Waals surface area contributed by atoms with Crippen LogP contribution < -0.4 is 5.02 Å². The lowest BCUT2D eigenvalue weighted by molar-refractivity contribution is -0.890. The van der Waals surface area contributed by atoms with Crippen molar-refractivity contribution in [3.63, 3.8) is 0 Å². The van der Waals surface area contributed by atoms with Crippen molar-refractivity contribution in [3.05, 3.63) is 0 Å². The minimum absolute atomic E-state index is 1.25. The molecular weight excluding hydrogens is 481 g/mol. The summed E-state index contributed by atoms with van der Waals surface area (Å²) < 4.78 is 1.25. The molecule has 2 N–H and O–H groups in total. The third kappa shape index (κ3) is 42.5. The zero-order chi connectivity index (χ0) is 29.3. The van der Waals surface area contributed by atoms with Crippen LogP contribution >= 0.6 is 0 Å². The SMILES string of the molecule is CCCCCCCCCCCCCCCC[N+](C)(C)CCCCCCCCCCCCCCCC.[O-]B(O)O. The maximum absolute atomic E-state index is 8.64. The van der Waals surface area contributed by atoms with Gasteiger partial charge in [-0.15, -0.1) is 0 Å². The molecular formula is C34H74BNO3. The predicted octanol–water partition coefficient (Wildman–Crippen LogP) is 9.34. The van der Waals surface area contributed by atoms with Crippen LogP contribution in [0.4, 0.5) is 0 Å². The minimum Gasteiger partial charge on any atom is -0.832 e. The fraction of sp³-hybridized carbons (Fsp3) is 1.00. The Labute approximate surface area is 247 Å². The topological polar surface area (TPSA) is 63.5 Å². The molecule has 0 saturated heterocycles. The molecule has 236 valence electrons. The van der Waals surface area contributed by atoms with Gasteiger partial charge in [0.05, 0.1) is 27.2 Å². The van der Waals surface area contributed by atoms with Gasteiger partial charge in [0, 0.05) is 0 Å². The van der Waals surface area contributed by atoms with Crippen molar-refractivity contribution in [2.24, 2.45) is 0 Å². The third-order valence-electron chi connectivity index (χ3n) is 8.23. The second kappa shape index (κ2) is 34.1. The van der Waals surface area contributed by atoms with E-state index in [9.17, 15) is 0 Å². The Bertz CT molecular complexity index is 398. The van der Waals surface area contributed by atoms with Crippen molar-refractivity contribution in [1.82, 2.24) is 0 Å². The number of unbranched alkanes of at least 4 members (excludes halogenated alkanes) is 26. The van der Waals surface area contributed by atoms with E-state index in [-0.39, 0.29) is 0 Å². The van der Waals surface area contributed by atoms with Gasteiger partial charge in [-0.3, -0.25) is 0 Å². The van der Waals surface area contributed by atoms with E-state index < -0.39 is 7.32 Å². The zero-order valence-electron chi connectivity index (χ0n) is 27.5. The molecule has 39 heavy (non-hydrogen) atoms. The quantitative estimate of drug-likeness (QED) is 0.0527. The summed E-state index contributed by atoms with van der Waals surface area (Å²) in [5, 5.41) is 22.8. The van der Waals surface area contributed by atoms with Crippen LogP contribution in [0.3, 0.4) is 0 Å². The molecule has 0 atom stereocenters. The molecule has 0 aliphatic carbocycles. The first-order chi connectivity index (χ1) is 18.9. The Morgan fingerprint density at radius 3 is 0.718 bits per heavy atom. The molecule has 0 aliphatic heterocycles. The van der Waals surface area contributed by atoms with Crippen molar-refractivity contribution in [2.75, 3.05) is 27.2 Å². The standard InChI is InChI=1S/C34H72N.BH2O3/c1-5-7-9-11-13-15-17-19-21-23-25-27-29-31-33-35(3,4)34-32-30-28-26-24-22-20-18-16-14-12-10-8-6-2;2-1(3)4/h5-34H2,1-4H3;2-3H/q+1;-1. The third-order valence-corrected chi connectivity index (χ3v) is 8.23. The summed E-state index contributed by atoms with van der Waals surface area (Å²) in [6.45, 7) is 7.38. The van der Waals surface area contributed by atoms with Crippen LogP contribution in [0.25, 0.3) is 0 Å². The van der Waals surface area contributed by atoms with E-state index in [1.165, 1.54) is 197 Å². The van der Waals surface area contributed by atoms with Crippen LogP contribution in [0.2, 0.25) is 0 Å². The Morgan fingerprint density at radius 1 is 0.385 bits per heavy atom. The fourth-order valence-corrected chi connectivity index (χ4v) is 5.58. The lowest BCUT2D eigenvalue weighted by atomic mass is 10.0. The van der Waals surface area contributed by atoms with E-state index in [0.717, 1.165) is 0 Å². The van der Waals surface area contributed by atoms with Crippen LogP contribution in [-0.4, -0.2) is 49.0 Å². The molecule has 0 rings (SSSR count). The monoisotopic (exact) mass is 556 g/mol. The molecule has 0 radical (unpaired) electrons. The molecule has 0 bridgehead atoms. The summed E-state index contributed by atoms with van der Waals surface area (Å²) in [6.07, 6.45) is 40.9. The normalized spacial score (nSPS) is 11.5. The highest BCUT2D eigenvalue weighted by atomic mass is 16.5. The van der Waals surface area contributed by atoms with Gasteiger partial charge in [-0.1, -0.05) is 168 Å². The van der Waals surface area contributed by atoms with Gasteiger partial charge < -0.3 is 19.6 Å². The molecule has 0 saturated carbocycles. The average molecular weight is 556 g/mol. The van der Waals surface area contributed by atoms with Gasteiger partial charge in [-0.25, -0.2) is 0 Å². The number of nitrogens with zero attached hydrogens (tertiary/aromatic N) is 1. The molecule has 0 aliphatic rings. The minimum atomic E-state index is -2.42. The Morgan fingerprint density at radius 2 is 0.538 bits per heavy atom. The summed E-state index contributed by atoms with van der Waals surface area (Å²) in [5.74, 6) is 0. The molecule has 0 aromatic heterocycles. The van der Waals surface area contributed by atoms with Gasteiger partial charge in [0.1, 0.15) is 0 Å². The molecule has 0 spiro atoms. The Balaban J connectivity index is 0. The molecule has 0 unspecified atom stereocenters. The van der Waals surface area contributed by atoms with Crippen molar-refractivity contribution in [1.29, 1.82) is 0 Å². The Kier molecular flexibility index (Phi) is 35.9.